The summed E-state index contributed by atoms with van der Waals surface area (Å²) in [5.74, 6) is 0.186. The van der Waals surface area contributed by atoms with Crippen LogP contribution in [-0.2, 0) is 0 Å². The zero-order valence-electron chi connectivity index (χ0n) is 8.53. The molecule has 0 N–H and O–H groups in total. The van der Waals surface area contributed by atoms with Crippen molar-refractivity contribution in [2.24, 2.45) is 5.92 Å². The number of aryl methyl sites for hydroxylation is 1. The van der Waals surface area contributed by atoms with Gasteiger partial charge in [-0.2, -0.15) is 0 Å². The Kier molecular flexibility index (Phi) is 2.79. The molecule has 1 aliphatic rings. The smallest absolute Gasteiger partial charge is 0.243 e. The standard InChI is InChI=1S/C10H13F2N3/c1-7-4-13-5-9(14-7)15-3-2-8(6-15)10(11)12/h4-5,8,10H,2-3,6H2,1H3. The first-order valence-corrected chi connectivity index (χ1v) is 4.98. The van der Waals surface area contributed by atoms with Crippen LogP contribution in [0.1, 0.15) is 12.1 Å². The quantitative estimate of drug-likeness (QED) is 0.751. The van der Waals surface area contributed by atoms with E-state index in [2.05, 4.69) is 9.97 Å². The van der Waals surface area contributed by atoms with Gasteiger partial charge < -0.3 is 4.90 Å². The van der Waals surface area contributed by atoms with E-state index in [1.165, 1.54) is 0 Å². The van der Waals surface area contributed by atoms with Gasteiger partial charge in [0.25, 0.3) is 0 Å². The van der Waals surface area contributed by atoms with Crippen LogP contribution < -0.4 is 4.90 Å². The molecule has 5 heteroatoms. The van der Waals surface area contributed by atoms with Crippen molar-refractivity contribution in [2.45, 2.75) is 19.8 Å². The molecule has 15 heavy (non-hydrogen) atoms. The maximum Gasteiger partial charge on any atom is 0.243 e. The number of rotatable bonds is 2. The molecule has 0 bridgehead atoms. The number of anilines is 1. The summed E-state index contributed by atoms with van der Waals surface area (Å²) < 4.78 is 24.9. The van der Waals surface area contributed by atoms with Crippen LogP contribution >= 0.6 is 0 Å². The summed E-state index contributed by atoms with van der Waals surface area (Å²) in [4.78, 5) is 10.1. The van der Waals surface area contributed by atoms with Crippen molar-refractivity contribution >= 4 is 5.82 Å². The zero-order chi connectivity index (χ0) is 10.8. The van der Waals surface area contributed by atoms with E-state index in [9.17, 15) is 8.78 Å². The Bertz CT molecular complexity index is 343. The van der Waals surface area contributed by atoms with Crippen LogP contribution in [0.25, 0.3) is 0 Å². The minimum atomic E-state index is -2.23. The van der Waals surface area contributed by atoms with Crippen LogP contribution in [0.3, 0.4) is 0 Å². The molecule has 82 valence electrons. The highest BCUT2D eigenvalue weighted by Gasteiger charge is 2.30. The normalized spacial score (nSPS) is 21.3. The van der Waals surface area contributed by atoms with Gasteiger partial charge in [-0.1, -0.05) is 0 Å². The Labute approximate surface area is 87.1 Å². The Hall–Kier alpha value is -1.26. The summed E-state index contributed by atoms with van der Waals surface area (Å²) in [7, 11) is 0. The predicted molar refractivity (Wildman–Crippen MR) is 53.1 cm³/mol. The van der Waals surface area contributed by atoms with E-state index in [4.69, 9.17) is 0 Å². The Morgan fingerprint density at radius 3 is 2.87 bits per heavy atom. The first-order chi connectivity index (χ1) is 7.16. The Balaban J connectivity index is 2.08. The van der Waals surface area contributed by atoms with Crippen LogP contribution in [0.5, 0.6) is 0 Å². The maximum absolute atomic E-state index is 12.4. The molecule has 0 amide bonds. The summed E-state index contributed by atoms with van der Waals surface area (Å²) in [5.41, 5.74) is 0.813. The van der Waals surface area contributed by atoms with Crippen molar-refractivity contribution < 1.29 is 8.78 Å². The van der Waals surface area contributed by atoms with Gasteiger partial charge in [-0.05, 0) is 13.3 Å². The first-order valence-electron chi connectivity index (χ1n) is 4.98. The van der Waals surface area contributed by atoms with Gasteiger partial charge in [-0.25, -0.2) is 13.8 Å². The summed E-state index contributed by atoms with van der Waals surface area (Å²) in [6.07, 6.45) is 1.59. The van der Waals surface area contributed by atoms with Crippen LogP contribution in [0.15, 0.2) is 12.4 Å². The van der Waals surface area contributed by atoms with Gasteiger partial charge in [0.1, 0.15) is 5.82 Å². The van der Waals surface area contributed by atoms with Crippen LogP contribution in [0.4, 0.5) is 14.6 Å². The molecule has 0 aromatic carbocycles. The molecule has 1 unspecified atom stereocenters. The van der Waals surface area contributed by atoms with E-state index in [0.29, 0.717) is 25.3 Å². The molecule has 1 fully saturated rings. The summed E-state index contributed by atoms with van der Waals surface area (Å²) >= 11 is 0. The van der Waals surface area contributed by atoms with Gasteiger partial charge in [0, 0.05) is 25.2 Å². The molecular formula is C10H13F2N3. The van der Waals surface area contributed by atoms with Crippen molar-refractivity contribution in [3.8, 4) is 0 Å². The van der Waals surface area contributed by atoms with Crippen LogP contribution in [0.2, 0.25) is 0 Å². The van der Waals surface area contributed by atoms with E-state index < -0.39 is 12.3 Å². The predicted octanol–water partition coefficient (Wildman–Crippen LogP) is 1.88. The number of hydrogen-bond donors (Lipinski definition) is 0. The van der Waals surface area contributed by atoms with Gasteiger partial charge in [0.2, 0.25) is 6.43 Å². The monoisotopic (exact) mass is 213 g/mol. The average molecular weight is 213 g/mol. The molecule has 0 saturated carbocycles. The molecule has 1 aliphatic heterocycles. The molecule has 1 aromatic heterocycles. The lowest BCUT2D eigenvalue weighted by Gasteiger charge is -2.16. The molecule has 1 saturated heterocycles. The topological polar surface area (TPSA) is 29.0 Å². The van der Waals surface area contributed by atoms with E-state index in [-0.39, 0.29) is 0 Å². The Morgan fingerprint density at radius 1 is 1.47 bits per heavy atom. The van der Waals surface area contributed by atoms with E-state index in [0.717, 1.165) is 5.69 Å². The molecule has 1 atom stereocenters. The van der Waals surface area contributed by atoms with Crippen molar-refractivity contribution in [3.63, 3.8) is 0 Å². The molecule has 3 nitrogen and oxygen atoms in total. The lowest BCUT2D eigenvalue weighted by Crippen LogP contribution is -2.23. The summed E-state index contributed by atoms with van der Waals surface area (Å²) in [6, 6.07) is 0. The number of hydrogen-bond acceptors (Lipinski definition) is 3. The lowest BCUT2D eigenvalue weighted by molar-refractivity contribution is 0.0880. The van der Waals surface area contributed by atoms with Gasteiger partial charge in [-0.3, -0.25) is 4.98 Å². The Morgan fingerprint density at radius 2 is 2.27 bits per heavy atom. The maximum atomic E-state index is 12.4. The molecule has 0 aliphatic carbocycles. The number of aromatic nitrogens is 2. The van der Waals surface area contributed by atoms with Gasteiger partial charge in [0.15, 0.2) is 0 Å². The van der Waals surface area contributed by atoms with Crippen LogP contribution in [-0.4, -0.2) is 29.5 Å². The fourth-order valence-electron chi connectivity index (χ4n) is 1.80. The minimum Gasteiger partial charge on any atom is -0.355 e. The third kappa shape index (κ3) is 2.22. The average Bonchev–Trinajstić information content (AvgIpc) is 2.66. The number of nitrogens with zero attached hydrogens (tertiary/aromatic N) is 3. The molecule has 2 rings (SSSR count). The highest BCUT2D eigenvalue weighted by atomic mass is 19.3. The van der Waals surface area contributed by atoms with Gasteiger partial charge in [-0.15, -0.1) is 0 Å². The fraction of sp³-hybridized carbons (Fsp3) is 0.600. The second-order valence-corrected chi connectivity index (χ2v) is 3.85. The first kappa shape index (κ1) is 10.3. The fourth-order valence-corrected chi connectivity index (χ4v) is 1.80. The summed E-state index contributed by atoms with van der Waals surface area (Å²) in [5, 5.41) is 0. The minimum absolute atomic E-state index is 0.385. The molecular weight excluding hydrogens is 200 g/mol. The second-order valence-electron chi connectivity index (χ2n) is 3.85. The largest absolute Gasteiger partial charge is 0.355 e. The molecule has 0 radical (unpaired) electrons. The van der Waals surface area contributed by atoms with Crippen molar-refractivity contribution in [2.75, 3.05) is 18.0 Å². The van der Waals surface area contributed by atoms with Crippen molar-refractivity contribution in [1.82, 2.24) is 9.97 Å². The number of alkyl halides is 2. The second kappa shape index (κ2) is 4.08. The molecule has 0 spiro atoms. The SMILES string of the molecule is Cc1cncc(N2CCC(C(F)F)C2)n1. The van der Waals surface area contributed by atoms with E-state index >= 15 is 0 Å². The van der Waals surface area contributed by atoms with E-state index in [1.54, 1.807) is 12.4 Å². The van der Waals surface area contributed by atoms with E-state index in [1.807, 2.05) is 11.8 Å². The molecule has 1 aromatic rings. The van der Waals surface area contributed by atoms with Gasteiger partial charge in [0.05, 0.1) is 11.9 Å². The third-order valence-electron chi connectivity index (χ3n) is 2.65. The highest BCUT2D eigenvalue weighted by molar-refractivity contribution is 5.37. The third-order valence-corrected chi connectivity index (χ3v) is 2.65. The van der Waals surface area contributed by atoms with Gasteiger partial charge >= 0.3 is 0 Å². The van der Waals surface area contributed by atoms with Crippen LogP contribution in [0, 0.1) is 12.8 Å². The van der Waals surface area contributed by atoms with Crippen molar-refractivity contribution in [1.29, 1.82) is 0 Å². The number of halogens is 2. The highest BCUT2D eigenvalue weighted by Crippen LogP contribution is 2.25. The molecule has 2 heterocycles. The lowest BCUT2D eigenvalue weighted by atomic mass is 10.1. The van der Waals surface area contributed by atoms with Crippen molar-refractivity contribution in [3.05, 3.63) is 18.1 Å². The summed E-state index contributed by atoms with van der Waals surface area (Å²) in [6.45, 7) is 2.88. The zero-order valence-corrected chi connectivity index (χ0v) is 8.53.